The molecule has 7 heteroatoms. The maximum absolute atomic E-state index is 13.1. The summed E-state index contributed by atoms with van der Waals surface area (Å²) in [6, 6.07) is 6.64. The molecule has 0 spiro atoms. The molecule has 1 fully saturated rings. The first kappa shape index (κ1) is 24.3. The van der Waals surface area contributed by atoms with E-state index in [1.807, 2.05) is 38.1 Å². The first-order valence-electron chi connectivity index (χ1n) is 10.8. The van der Waals surface area contributed by atoms with Crippen molar-refractivity contribution in [1.82, 2.24) is 4.90 Å². The van der Waals surface area contributed by atoms with Crippen molar-refractivity contribution in [1.29, 1.82) is 0 Å². The third-order valence-electron chi connectivity index (χ3n) is 5.80. The quantitative estimate of drug-likeness (QED) is 0.563. The van der Waals surface area contributed by atoms with Crippen LogP contribution in [0.3, 0.4) is 0 Å². The van der Waals surface area contributed by atoms with E-state index < -0.39 is 17.7 Å². The van der Waals surface area contributed by atoms with Gasteiger partial charge in [-0.1, -0.05) is 26.0 Å². The number of hydrogen-bond donors (Lipinski definition) is 2. The Hall–Kier alpha value is -1.96. The maximum Gasteiger partial charge on any atom is 0.240 e. The third-order valence-corrected chi connectivity index (χ3v) is 5.80. The lowest BCUT2D eigenvalue weighted by atomic mass is 9.86. The second-order valence-corrected chi connectivity index (χ2v) is 8.66. The van der Waals surface area contributed by atoms with Crippen LogP contribution < -0.4 is 10.5 Å². The molecule has 1 amide bonds. The summed E-state index contributed by atoms with van der Waals surface area (Å²) in [6.07, 6.45) is 3.16. The molecule has 7 nitrogen and oxygen atoms in total. The number of rotatable bonds is 10. The van der Waals surface area contributed by atoms with E-state index in [0.29, 0.717) is 6.42 Å². The number of β-amino-alcohol motifs (C(OH)–C–C–N with tert-alkyl or cyclic N) is 1. The number of aliphatic hydroxyl groups excluding tert-OH is 1. The summed E-state index contributed by atoms with van der Waals surface area (Å²) in [6.45, 7) is 7.81. The monoisotopic (exact) mass is 420 g/mol. The molecule has 168 valence electrons. The zero-order chi connectivity index (χ0) is 22.3. The summed E-state index contributed by atoms with van der Waals surface area (Å²) < 4.78 is 11.4. The van der Waals surface area contributed by atoms with Crippen LogP contribution in [0, 0.1) is 5.92 Å². The van der Waals surface area contributed by atoms with Crippen molar-refractivity contribution >= 4 is 12.2 Å². The summed E-state index contributed by atoms with van der Waals surface area (Å²) in [5, 5.41) is 9.87. The van der Waals surface area contributed by atoms with Crippen molar-refractivity contribution in [3.05, 3.63) is 29.8 Å². The molecule has 1 aromatic carbocycles. The predicted molar refractivity (Wildman–Crippen MR) is 115 cm³/mol. The lowest BCUT2D eigenvalue weighted by molar-refractivity contribution is -0.146. The average molecular weight is 421 g/mol. The molecule has 0 aromatic heterocycles. The van der Waals surface area contributed by atoms with Gasteiger partial charge in [0, 0.05) is 13.0 Å². The average Bonchev–Trinajstić information content (AvgIpc) is 2.72. The fourth-order valence-corrected chi connectivity index (χ4v) is 3.50. The highest BCUT2D eigenvalue weighted by Crippen LogP contribution is 2.25. The highest BCUT2D eigenvalue weighted by molar-refractivity contribution is 5.86. The minimum Gasteiger partial charge on any atom is -0.465 e. The van der Waals surface area contributed by atoms with Crippen molar-refractivity contribution in [3.8, 4) is 5.75 Å². The smallest absolute Gasteiger partial charge is 0.240 e. The molecule has 4 atom stereocenters. The summed E-state index contributed by atoms with van der Waals surface area (Å²) in [5.74, 6) is 0.244. The second-order valence-electron chi connectivity index (χ2n) is 8.66. The largest absolute Gasteiger partial charge is 0.465 e. The van der Waals surface area contributed by atoms with Crippen LogP contribution >= 0.6 is 0 Å². The summed E-state index contributed by atoms with van der Waals surface area (Å²) in [4.78, 5) is 26.4. The third kappa shape index (κ3) is 6.27. The van der Waals surface area contributed by atoms with Crippen LogP contribution in [0.4, 0.5) is 0 Å². The molecule has 1 aromatic rings. The zero-order valence-corrected chi connectivity index (χ0v) is 18.5. The van der Waals surface area contributed by atoms with E-state index in [2.05, 4.69) is 0 Å². The fraction of sp³-hybridized carbons (Fsp3) is 0.652. The number of nitrogens with two attached hydrogens (primary N) is 1. The molecule has 1 heterocycles. The number of benzene rings is 1. The van der Waals surface area contributed by atoms with Crippen LogP contribution in [0.25, 0.3) is 0 Å². The van der Waals surface area contributed by atoms with Gasteiger partial charge in [0.25, 0.3) is 0 Å². The van der Waals surface area contributed by atoms with E-state index in [1.165, 1.54) is 4.90 Å². The Kier molecular flexibility index (Phi) is 8.82. The fourth-order valence-electron chi connectivity index (χ4n) is 3.50. The normalized spacial score (nSPS) is 20.8. The van der Waals surface area contributed by atoms with Crippen LogP contribution in [-0.4, -0.2) is 59.3 Å². The Morgan fingerprint density at radius 1 is 1.33 bits per heavy atom. The lowest BCUT2D eigenvalue weighted by Crippen LogP contribution is -2.60. The van der Waals surface area contributed by atoms with E-state index >= 15 is 0 Å². The van der Waals surface area contributed by atoms with E-state index in [-0.39, 0.29) is 24.7 Å². The van der Waals surface area contributed by atoms with E-state index in [9.17, 15) is 14.7 Å². The van der Waals surface area contributed by atoms with Gasteiger partial charge in [-0.15, -0.1) is 0 Å². The number of hydrogen-bond acceptors (Lipinski definition) is 6. The zero-order valence-electron chi connectivity index (χ0n) is 18.5. The number of aliphatic hydroxyl groups is 1. The van der Waals surface area contributed by atoms with Gasteiger partial charge in [-0.05, 0) is 56.7 Å². The number of ether oxygens (including phenoxy) is 2. The molecule has 3 N–H and O–H groups in total. The van der Waals surface area contributed by atoms with Crippen LogP contribution in [-0.2, 0) is 20.7 Å². The number of carbonyl (C=O) groups is 2. The van der Waals surface area contributed by atoms with Gasteiger partial charge < -0.3 is 30.0 Å². The van der Waals surface area contributed by atoms with Gasteiger partial charge >= 0.3 is 0 Å². The molecule has 0 saturated carbocycles. The molecule has 0 radical (unpaired) electrons. The van der Waals surface area contributed by atoms with Gasteiger partial charge in [0.2, 0.25) is 5.91 Å². The Labute approximate surface area is 179 Å². The Morgan fingerprint density at radius 2 is 2.00 bits per heavy atom. The van der Waals surface area contributed by atoms with Crippen molar-refractivity contribution in [2.24, 2.45) is 11.7 Å². The molecule has 1 aliphatic heterocycles. The number of aldehydes is 1. The highest BCUT2D eigenvalue weighted by atomic mass is 16.7. The minimum atomic E-state index is -1.04. The topological polar surface area (TPSA) is 102 Å². The van der Waals surface area contributed by atoms with Crippen LogP contribution in [0.15, 0.2) is 24.3 Å². The molecule has 1 aliphatic rings. The second kappa shape index (κ2) is 10.9. The summed E-state index contributed by atoms with van der Waals surface area (Å²) >= 11 is 0. The Morgan fingerprint density at radius 3 is 2.50 bits per heavy atom. The van der Waals surface area contributed by atoms with Crippen LogP contribution in [0.1, 0.15) is 52.5 Å². The SMILES string of the molecule is CC(O)CN(C(=O)[C@@H](N)Cc1ccc(OC2CCCCO2)cc1)[C@](C)(C=O)C(C)C. The first-order chi connectivity index (χ1) is 14.2. The molecule has 0 bridgehead atoms. The molecule has 30 heavy (non-hydrogen) atoms. The van der Waals surface area contributed by atoms with Gasteiger partial charge in [-0.2, -0.15) is 0 Å². The summed E-state index contributed by atoms with van der Waals surface area (Å²) in [7, 11) is 0. The Balaban J connectivity index is 2.05. The maximum atomic E-state index is 13.1. The number of amides is 1. The van der Waals surface area contributed by atoms with E-state index in [4.69, 9.17) is 15.2 Å². The number of nitrogens with zero attached hydrogens (tertiary/aromatic N) is 1. The van der Waals surface area contributed by atoms with E-state index in [0.717, 1.165) is 43.5 Å². The molecule has 1 saturated heterocycles. The molecule has 0 aliphatic carbocycles. The number of carbonyl (C=O) groups excluding carboxylic acids is 2. The molecular formula is C23H36N2O5. The van der Waals surface area contributed by atoms with Crippen molar-refractivity contribution in [3.63, 3.8) is 0 Å². The Bertz CT molecular complexity index is 685. The molecule has 2 unspecified atom stereocenters. The minimum absolute atomic E-state index is 0.0497. The predicted octanol–water partition coefficient (Wildman–Crippen LogP) is 2.28. The molecule has 2 rings (SSSR count). The standard InChI is InChI=1S/C23H36N2O5/c1-16(2)23(4,15-26)25(14-17(3)27)22(28)20(24)13-18-8-10-19(11-9-18)30-21-7-5-6-12-29-21/h8-11,15-17,20-21,27H,5-7,12-14,24H2,1-4H3/t17?,20-,21?,23+/m0/s1. The first-order valence-corrected chi connectivity index (χ1v) is 10.8. The van der Waals surface area contributed by atoms with Crippen LogP contribution in [0.2, 0.25) is 0 Å². The van der Waals surface area contributed by atoms with Gasteiger partial charge in [-0.25, -0.2) is 0 Å². The van der Waals surface area contributed by atoms with Gasteiger partial charge in [-0.3, -0.25) is 4.79 Å². The lowest BCUT2D eigenvalue weighted by Gasteiger charge is -2.42. The molecular weight excluding hydrogens is 384 g/mol. The van der Waals surface area contributed by atoms with Gasteiger partial charge in [0.1, 0.15) is 12.0 Å². The van der Waals surface area contributed by atoms with Crippen molar-refractivity contribution < 1.29 is 24.2 Å². The highest BCUT2D eigenvalue weighted by Gasteiger charge is 2.40. The van der Waals surface area contributed by atoms with Gasteiger partial charge in [0.05, 0.1) is 24.3 Å². The van der Waals surface area contributed by atoms with E-state index in [1.54, 1.807) is 13.8 Å². The van der Waals surface area contributed by atoms with Crippen molar-refractivity contribution in [2.75, 3.05) is 13.2 Å². The van der Waals surface area contributed by atoms with Gasteiger partial charge in [0.15, 0.2) is 6.29 Å². The van der Waals surface area contributed by atoms with Crippen LogP contribution in [0.5, 0.6) is 5.75 Å². The van der Waals surface area contributed by atoms with Crippen molar-refractivity contribution in [2.45, 2.75) is 77.4 Å². The summed E-state index contributed by atoms with van der Waals surface area (Å²) in [5.41, 5.74) is 6.08.